The number of thiazole rings is 1. The number of nitrogens with one attached hydrogen (secondary N) is 2. The average Bonchev–Trinajstić information content (AvgIpc) is 3.22. The number of carbonyl (C=O) groups is 1. The minimum atomic E-state index is -4.41. The van der Waals surface area contributed by atoms with E-state index < -0.39 is 16.0 Å². The van der Waals surface area contributed by atoms with E-state index in [1.54, 1.807) is 17.4 Å². The van der Waals surface area contributed by atoms with E-state index in [1.807, 2.05) is 43.3 Å². The van der Waals surface area contributed by atoms with Crippen LogP contribution in [0, 0.1) is 18.3 Å². The molecule has 1 heterocycles. The third-order valence-corrected chi connectivity index (χ3v) is 6.73. The monoisotopic (exact) mass is 490 g/mol. The summed E-state index contributed by atoms with van der Waals surface area (Å²) in [6, 6.07) is 20.4. The summed E-state index contributed by atoms with van der Waals surface area (Å²) in [6.07, 6.45) is 1.26. The van der Waals surface area contributed by atoms with Crippen molar-refractivity contribution in [2.24, 2.45) is 0 Å². The molecule has 0 radical (unpaired) electrons. The molecule has 0 aliphatic heterocycles. The van der Waals surface area contributed by atoms with Crippen LogP contribution in [0.2, 0.25) is 0 Å². The Labute approximate surface area is 200 Å². The third-order valence-electron chi connectivity index (χ3n) is 4.81. The normalized spacial score (nSPS) is 11.7. The lowest BCUT2D eigenvalue weighted by Gasteiger charge is -2.07. The number of carbonyl (C=O) groups excluding carboxylic acids is 1. The molecule has 0 atom stereocenters. The van der Waals surface area contributed by atoms with Gasteiger partial charge in [0.25, 0.3) is 16.0 Å². The van der Waals surface area contributed by atoms with Crippen LogP contribution in [0.25, 0.3) is 20.8 Å². The average molecular weight is 491 g/mol. The molecule has 0 bridgehead atoms. The molecule has 0 fully saturated rings. The van der Waals surface area contributed by atoms with Crippen molar-refractivity contribution in [1.82, 2.24) is 4.98 Å². The lowest BCUT2D eigenvalue weighted by Crippen LogP contribution is -2.15. The Hall–Kier alpha value is -4.04. The van der Waals surface area contributed by atoms with Crippen LogP contribution in [0.5, 0.6) is 0 Å². The number of aromatic nitrogens is 1. The molecule has 3 aromatic carbocycles. The van der Waals surface area contributed by atoms with Gasteiger partial charge in [0, 0.05) is 23.1 Å². The van der Waals surface area contributed by atoms with E-state index in [0.29, 0.717) is 5.69 Å². The van der Waals surface area contributed by atoms with Crippen molar-refractivity contribution in [2.75, 3.05) is 10.6 Å². The van der Waals surface area contributed by atoms with E-state index in [4.69, 9.17) is 4.55 Å². The van der Waals surface area contributed by atoms with E-state index in [9.17, 15) is 18.5 Å². The largest absolute Gasteiger partial charge is 0.360 e. The van der Waals surface area contributed by atoms with E-state index in [0.717, 1.165) is 26.9 Å². The molecule has 0 saturated heterocycles. The van der Waals surface area contributed by atoms with E-state index >= 15 is 0 Å². The maximum Gasteiger partial charge on any atom is 0.294 e. The van der Waals surface area contributed by atoms with Gasteiger partial charge in [-0.05, 0) is 67.1 Å². The number of anilines is 2. The fourth-order valence-electron chi connectivity index (χ4n) is 3.10. The molecular formula is C24H18N4O4S2. The van der Waals surface area contributed by atoms with Crippen molar-refractivity contribution in [3.05, 3.63) is 84.1 Å². The maximum atomic E-state index is 12.4. The van der Waals surface area contributed by atoms with Crippen LogP contribution in [0.1, 0.15) is 5.56 Å². The first-order valence-electron chi connectivity index (χ1n) is 9.96. The van der Waals surface area contributed by atoms with Crippen LogP contribution in [0.4, 0.5) is 11.4 Å². The number of hydrogen-bond acceptors (Lipinski definition) is 7. The number of hydrogen-bond donors (Lipinski definition) is 3. The molecule has 1 amide bonds. The second-order valence-corrected chi connectivity index (χ2v) is 9.79. The van der Waals surface area contributed by atoms with Crippen LogP contribution in [0.3, 0.4) is 0 Å². The van der Waals surface area contributed by atoms with E-state index in [-0.39, 0.29) is 16.2 Å². The number of rotatable bonds is 6. The quantitative estimate of drug-likeness (QED) is 0.197. The van der Waals surface area contributed by atoms with E-state index in [1.165, 1.54) is 30.0 Å². The Kier molecular flexibility index (Phi) is 6.43. The first kappa shape index (κ1) is 23.1. The SMILES string of the molecule is Cc1ccc2nc(-c3ccc(N/C=C(/C#N)C(=O)Nc4cccc(S(=O)(=O)O)c4)cc3)sc2c1. The fourth-order valence-corrected chi connectivity index (χ4v) is 4.70. The zero-order valence-electron chi connectivity index (χ0n) is 17.8. The van der Waals surface area contributed by atoms with Gasteiger partial charge in [-0.25, -0.2) is 4.98 Å². The summed E-state index contributed by atoms with van der Waals surface area (Å²) in [5.74, 6) is -0.733. The Balaban J connectivity index is 1.46. The molecule has 4 rings (SSSR count). The Morgan fingerprint density at radius 3 is 2.56 bits per heavy atom. The molecule has 10 heteroatoms. The highest BCUT2D eigenvalue weighted by Crippen LogP contribution is 2.31. The van der Waals surface area contributed by atoms with Crippen molar-refractivity contribution in [2.45, 2.75) is 11.8 Å². The van der Waals surface area contributed by atoms with Gasteiger partial charge in [0.2, 0.25) is 0 Å². The first-order valence-corrected chi connectivity index (χ1v) is 12.2. The topological polar surface area (TPSA) is 132 Å². The van der Waals surface area contributed by atoms with Gasteiger partial charge in [-0.3, -0.25) is 9.35 Å². The fraction of sp³-hybridized carbons (Fsp3) is 0.0417. The summed E-state index contributed by atoms with van der Waals surface area (Å²) < 4.78 is 32.8. The van der Waals surface area contributed by atoms with Crippen LogP contribution in [0.15, 0.2) is 83.4 Å². The molecule has 0 unspecified atom stereocenters. The van der Waals surface area contributed by atoms with Gasteiger partial charge in [-0.1, -0.05) is 12.1 Å². The predicted octanol–water partition coefficient (Wildman–Crippen LogP) is 4.98. The number of nitriles is 1. The molecule has 170 valence electrons. The molecule has 8 nitrogen and oxygen atoms in total. The van der Waals surface area contributed by atoms with Crippen molar-refractivity contribution in [1.29, 1.82) is 5.26 Å². The smallest absolute Gasteiger partial charge is 0.294 e. The summed E-state index contributed by atoms with van der Waals surface area (Å²) in [7, 11) is -4.41. The number of nitrogens with zero attached hydrogens (tertiary/aromatic N) is 2. The highest BCUT2D eigenvalue weighted by atomic mass is 32.2. The van der Waals surface area contributed by atoms with Crippen molar-refractivity contribution < 1.29 is 17.8 Å². The van der Waals surface area contributed by atoms with Crippen LogP contribution in [-0.4, -0.2) is 23.9 Å². The number of benzene rings is 3. The number of amides is 1. The number of fused-ring (bicyclic) bond motifs is 1. The summed E-state index contributed by atoms with van der Waals surface area (Å²) in [5.41, 5.74) is 3.64. The molecule has 0 aliphatic rings. The second kappa shape index (κ2) is 9.44. The van der Waals surface area contributed by atoms with Crippen molar-refractivity contribution in [3.63, 3.8) is 0 Å². The molecule has 34 heavy (non-hydrogen) atoms. The standard InChI is InChI=1S/C24H18N4O4S2/c1-15-5-10-21-22(11-15)33-24(28-21)16-6-8-18(9-7-16)26-14-17(13-25)23(29)27-19-3-2-4-20(12-19)34(30,31)32/h2-12,14,26H,1H3,(H,27,29)(H,30,31,32)/b17-14-. The van der Waals surface area contributed by atoms with Gasteiger partial charge in [0.05, 0.1) is 15.1 Å². The minimum absolute atomic E-state index is 0.122. The molecule has 1 aromatic heterocycles. The van der Waals surface area contributed by atoms with Crippen molar-refractivity contribution in [3.8, 4) is 16.6 Å². The molecule has 4 aromatic rings. The minimum Gasteiger partial charge on any atom is -0.360 e. The summed E-state index contributed by atoms with van der Waals surface area (Å²) in [4.78, 5) is 16.7. The lowest BCUT2D eigenvalue weighted by atomic mass is 10.2. The van der Waals surface area contributed by atoms with E-state index in [2.05, 4.69) is 21.7 Å². The van der Waals surface area contributed by atoms with Crippen LogP contribution >= 0.6 is 11.3 Å². The molecule has 0 aliphatic carbocycles. The summed E-state index contributed by atoms with van der Waals surface area (Å²) in [6.45, 7) is 2.04. The third kappa shape index (κ3) is 5.29. The maximum absolute atomic E-state index is 12.4. The Bertz CT molecular complexity index is 1570. The van der Waals surface area contributed by atoms with Gasteiger partial charge in [-0.15, -0.1) is 11.3 Å². The first-order chi connectivity index (χ1) is 16.2. The molecular weight excluding hydrogens is 472 g/mol. The predicted molar refractivity (Wildman–Crippen MR) is 132 cm³/mol. The van der Waals surface area contributed by atoms with Gasteiger partial charge in [-0.2, -0.15) is 13.7 Å². The number of aryl methyl sites for hydroxylation is 1. The van der Waals surface area contributed by atoms with Crippen molar-refractivity contribution >= 4 is 49.0 Å². The second-order valence-electron chi connectivity index (χ2n) is 7.34. The Morgan fingerprint density at radius 2 is 1.85 bits per heavy atom. The van der Waals surface area contributed by atoms with Crippen LogP contribution in [-0.2, 0) is 14.9 Å². The summed E-state index contributed by atoms with van der Waals surface area (Å²) in [5, 5.41) is 15.6. The highest BCUT2D eigenvalue weighted by Gasteiger charge is 2.13. The molecule has 0 saturated carbocycles. The Morgan fingerprint density at radius 1 is 1.09 bits per heavy atom. The van der Waals surface area contributed by atoms with Gasteiger partial charge in [0.1, 0.15) is 16.6 Å². The van der Waals surface area contributed by atoms with Crippen LogP contribution < -0.4 is 10.6 Å². The zero-order chi connectivity index (χ0) is 24.3. The molecule has 0 spiro atoms. The zero-order valence-corrected chi connectivity index (χ0v) is 19.4. The van der Waals surface area contributed by atoms with Gasteiger partial charge < -0.3 is 10.6 Å². The molecule has 3 N–H and O–H groups in total. The highest BCUT2D eigenvalue weighted by molar-refractivity contribution is 7.85. The van der Waals surface area contributed by atoms with Gasteiger partial charge >= 0.3 is 0 Å². The van der Waals surface area contributed by atoms with Gasteiger partial charge in [0.15, 0.2) is 0 Å². The lowest BCUT2D eigenvalue weighted by molar-refractivity contribution is -0.112. The summed E-state index contributed by atoms with van der Waals surface area (Å²) >= 11 is 1.61.